The molecule has 5 nitrogen and oxygen atoms in total. The van der Waals surface area contributed by atoms with Crippen LogP contribution < -0.4 is 5.32 Å². The molecule has 1 aromatic rings. The van der Waals surface area contributed by atoms with Crippen LogP contribution in [0.4, 0.5) is 0 Å². The number of rotatable bonds is 2. The fourth-order valence-electron chi connectivity index (χ4n) is 1.76. The summed E-state index contributed by atoms with van der Waals surface area (Å²) in [4.78, 5) is 0. The van der Waals surface area contributed by atoms with Crippen LogP contribution in [-0.2, 0) is 10.0 Å². The van der Waals surface area contributed by atoms with E-state index >= 15 is 0 Å². The molecular weight excluding hydrogens is 294 g/mol. The Hall–Kier alpha value is -0.650. The van der Waals surface area contributed by atoms with Crippen molar-refractivity contribution in [1.82, 2.24) is 9.62 Å². The molecule has 0 spiro atoms. The van der Waals surface area contributed by atoms with Gasteiger partial charge < -0.3 is 5.32 Å². The average molecular weight is 306 g/mol. The SMILES string of the molecule is Cc1cc(S(=O)(=O)N2CCNCC2C#N)sc1Cl. The molecule has 1 atom stereocenters. The van der Waals surface area contributed by atoms with E-state index in [0.717, 1.165) is 16.9 Å². The van der Waals surface area contributed by atoms with E-state index in [1.54, 1.807) is 13.0 Å². The molecule has 98 valence electrons. The molecule has 0 radical (unpaired) electrons. The minimum absolute atomic E-state index is 0.201. The Kier molecular flexibility index (Phi) is 3.94. The van der Waals surface area contributed by atoms with Gasteiger partial charge in [-0.15, -0.1) is 11.3 Å². The molecule has 1 saturated heterocycles. The van der Waals surface area contributed by atoms with Crippen LogP contribution in [0.25, 0.3) is 0 Å². The summed E-state index contributed by atoms with van der Waals surface area (Å²) in [7, 11) is -3.62. The van der Waals surface area contributed by atoms with Crippen molar-refractivity contribution in [2.24, 2.45) is 0 Å². The second-order valence-corrected chi connectivity index (χ2v) is 7.76. The number of halogens is 1. The van der Waals surface area contributed by atoms with Crippen molar-refractivity contribution in [3.8, 4) is 6.07 Å². The Bertz CT molecular complexity index is 571. The van der Waals surface area contributed by atoms with Gasteiger partial charge in [-0.25, -0.2) is 8.42 Å². The summed E-state index contributed by atoms with van der Waals surface area (Å²) in [5.41, 5.74) is 0.740. The Labute approximate surface area is 115 Å². The van der Waals surface area contributed by atoms with Gasteiger partial charge in [-0.1, -0.05) is 11.6 Å². The van der Waals surface area contributed by atoms with Crippen LogP contribution in [0.1, 0.15) is 5.56 Å². The topological polar surface area (TPSA) is 73.2 Å². The zero-order valence-corrected chi connectivity index (χ0v) is 12.1. The van der Waals surface area contributed by atoms with Crippen molar-refractivity contribution in [3.63, 3.8) is 0 Å². The van der Waals surface area contributed by atoms with Gasteiger partial charge in [0.1, 0.15) is 10.3 Å². The molecular formula is C10H12ClN3O2S2. The van der Waals surface area contributed by atoms with E-state index in [1.807, 2.05) is 6.07 Å². The molecule has 18 heavy (non-hydrogen) atoms. The molecule has 0 amide bonds. The van der Waals surface area contributed by atoms with E-state index in [1.165, 1.54) is 4.31 Å². The quantitative estimate of drug-likeness (QED) is 0.891. The van der Waals surface area contributed by atoms with Crippen LogP contribution in [0.5, 0.6) is 0 Å². The predicted octanol–water partition coefficient (Wildman–Crippen LogP) is 1.20. The highest BCUT2D eigenvalue weighted by Gasteiger charge is 2.34. The number of nitrogens with one attached hydrogen (secondary N) is 1. The summed E-state index contributed by atoms with van der Waals surface area (Å²) >= 11 is 6.94. The van der Waals surface area contributed by atoms with Crippen molar-refractivity contribution >= 4 is 33.0 Å². The first-order valence-corrected chi connectivity index (χ1v) is 7.98. The lowest BCUT2D eigenvalue weighted by Gasteiger charge is -2.30. The smallest absolute Gasteiger partial charge is 0.253 e. The number of aryl methyl sites for hydroxylation is 1. The molecule has 0 saturated carbocycles. The molecule has 2 rings (SSSR count). The van der Waals surface area contributed by atoms with E-state index in [-0.39, 0.29) is 4.21 Å². The minimum Gasteiger partial charge on any atom is -0.313 e. The van der Waals surface area contributed by atoms with E-state index in [9.17, 15) is 8.42 Å². The van der Waals surface area contributed by atoms with Crippen LogP contribution in [0.15, 0.2) is 10.3 Å². The molecule has 0 aliphatic carbocycles. The summed E-state index contributed by atoms with van der Waals surface area (Å²) in [5, 5.41) is 12.0. The first-order valence-electron chi connectivity index (χ1n) is 5.35. The van der Waals surface area contributed by atoms with E-state index in [2.05, 4.69) is 5.32 Å². The highest BCUT2D eigenvalue weighted by atomic mass is 35.5. The average Bonchev–Trinajstić information content (AvgIpc) is 2.70. The Morgan fingerprint density at radius 2 is 2.39 bits per heavy atom. The van der Waals surface area contributed by atoms with Gasteiger partial charge in [0.15, 0.2) is 0 Å². The molecule has 1 aliphatic heterocycles. The fraction of sp³-hybridized carbons (Fsp3) is 0.500. The maximum Gasteiger partial charge on any atom is 0.253 e. The molecule has 0 bridgehead atoms. The van der Waals surface area contributed by atoms with Gasteiger partial charge in [0.05, 0.1) is 10.4 Å². The van der Waals surface area contributed by atoms with Crippen LogP contribution in [0.2, 0.25) is 4.34 Å². The Balaban J connectivity index is 2.38. The Morgan fingerprint density at radius 3 is 2.94 bits per heavy atom. The fourth-order valence-corrected chi connectivity index (χ4v) is 5.13. The number of sulfonamides is 1. The summed E-state index contributed by atoms with van der Waals surface area (Å²) in [6.07, 6.45) is 0. The van der Waals surface area contributed by atoms with Crippen LogP contribution in [-0.4, -0.2) is 38.4 Å². The molecule has 8 heteroatoms. The normalized spacial score (nSPS) is 21.7. The van der Waals surface area contributed by atoms with Crippen molar-refractivity contribution < 1.29 is 8.42 Å². The standard InChI is InChI=1S/C10H12ClN3O2S2/c1-7-4-9(17-10(7)11)18(15,16)14-3-2-13-6-8(14)5-12/h4,8,13H,2-3,6H2,1H3. The Morgan fingerprint density at radius 1 is 1.67 bits per heavy atom. The molecule has 1 unspecified atom stereocenters. The van der Waals surface area contributed by atoms with Crippen LogP contribution >= 0.6 is 22.9 Å². The molecule has 0 aromatic carbocycles. The zero-order chi connectivity index (χ0) is 13.3. The number of nitrogens with zero attached hydrogens (tertiary/aromatic N) is 2. The zero-order valence-electron chi connectivity index (χ0n) is 9.68. The second-order valence-electron chi connectivity index (χ2n) is 3.99. The predicted molar refractivity (Wildman–Crippen MR) is 70.2 cm³/mol. The summed E-state index contributed by atoms with van der Waals surface area (Å²) < 4.78 is 26.8. The van der Waals surface area contributed by atoms with Crippen molar-refractivity contribution in [2.75, 3.05) is 19.6 Å². The molecule has 1 N–H and O–H groups in total. The third-order valence-corrected chi connectivity index (χ3v) is 6.65. The number of hydrogen-bond donors (Lipinski definition) is 1. The lowest BCUT2D eigenvalue weighted by molar-refractivity contribution is 0.312. The number of hydrogen-bond acceptors (Lipinski definition) is 5. The third-order valence-electron chi connectivity index (χ3n) is 2.74. The highest BCUT2D eigenvalue weighted by molar-refractivity contribution is 7.91. The van der Waals surface area contributed by atoms with Crippen molar-refractivity contribution in [1.29, 1.82) is 5.26 Å². The second kappa shape index (κ2) is 5.15. The first kappa shape index (κ1) is 13.8. The lowest BCUT2D eigenvalue weighted by atomic mass is 10.3. The largest absolute Gasteiger partial charge is 0.313 e. The first-order chi connectivity index (χ1) is 8.46. The maximum atomic E-state index is 12.4. The van der Waals surface area contributed by atoms with E-state index in [4.69, 9.17) is 16.9 Å². The molecule has 1 aromatic heterocycles. The van der Waals surface area contributed by atoms with Gasteiger partial charge in [-0.05, 0) is 18.6 Å². The number of piperazine rings is 1. The monoisotopic (exact) mass is 305 g/mol. The third kappa shape index (κ3) is 2.39. The highest BCUT2D eigenvalue weighted by Crippen LogP contribution is 2.32. The van der Waals surface area contributed by atoms with E-state index in [0.29, 0.717) is 24.0 Å². The summed E-state index contributed by atoms with van der Waals surface area (Å²) in [6.45, 7) is 2.97. The van der Waals surface area contributed by atoms with Gasteiger partial charge in [0, 0.05) is 19.6 Å². The molecule has 1 aliphatic rings. The number of nitriles is 1. The van der Waals surface area contributed by atoms with Crippen molar-refractivity contribution in [3.05, 3.63) is 16.0 Å². The van der Waals surface area contributed by atoms with Gasteiger partial charge in [0.25, 0.3) is 10.0 Å². The van der Waals surface area contributed by atoms with Crippen LogP contribution in [0.3, 0.4) is 0 Å². The maximum absolute atomic E-state index is 12.4. The van der Waals surface area contributed by atoms with Gasteiger partial charge >= 0.3 is 0 Å². The lowest BCUT2D eigenvalue weighted by Crippen LogP contribution is -2.52. The molecule has 1 fully saturated rings. The minimum atomic E-state index is -3.62. The van der Waals surface area contributed by atoms with Gasteiger partial charge in [-0.2, -0.15) is 9.57 Å². The summed E-state index contributed by atoms with van der Waals surface area (Å²) in [5.74, 6) is 0. The molecule has 2 heterocycles. The van der Waals surface area contributed by atoms with Gasteiger partial charge in [-0.3, -0.25) is 0 Å². The number of thiophene rings is 1. The van der Waals surface area contributed by atoms with E-state index < -0.39 is 16.1 Å². The van der Waals surface area contributed by atoms with Crippen molar-refractivity contribution in [2.45, 2.75) is 17.2 Å². The van der Waals surface area contributed by atoms with Gasteiger partial charge in [0.2, 0.25) is 0 Å². The van der Waals surface area contributed by atoms with Crippen LogP contribution in [0, 0.1) is 18.3 Å². The summed E-state index contributed by atoms with van der Waals surface area (Å²) in [6, 6.07) is 2.90.